The summed E-state index contributed by atoms with van der Waals surface area (Å²) in [5.41, 5.74) is 22.0. The lowest BCUT2D eigenvalue weighted by Crippen LogP contribution is -2.61. The summed E-state index contributed by atoms with van der Waals surface area (Å²) in [7, 11) is 0. The predicted octanol–water partition coefficient (Wildman–Crippen LogP) is 16.2. The zero-order valence-electron chi connectivity index (χ0n) is 41.0. The minimum Gasteiger partial charge on any atom is -0.456 e. The van der Waals surface area contributed by atoms with Crippen LogP contribution in [0.3, 0.4) is 0 Å². The molecule has 0 bridgehead atoms. The molecule has 0 saturated heterocycles. The van der Waals surface area contributed by atoms with Crippen molar-refractivity contribution in [2.24, 2.45) is 0 Å². The van der Waals surface area contributed by atoms with E-state index < -0.39 is 0 Å². The monoisotopic (exact) mass is 905 g/mol. The summed E-state index contributed by atoms with van der Waals surface area (Å²) >= 11 is 0. The molecule has 0 amide bonds. The Hall–Kier alpha value is -8.02. The third-order valence-corrected chi connectivity index (χ3v) is 14.3. The molecule has 10 aromatic rings. The van der Waals surface area contributed by atoms with Gasteiger partial charge in [-0.15, -0.1) is 0 Å². The summed E-state index contributed by atoms with van der Waals surface area (Å²) in [6, 6.07) is 78.2. The van der Waals surface area contributed by atoms with Gasteiger partial charge in [0.05, 0.1) is 0 Å². The highest BCUT2D eigenvalue weighted by Crippen LogP contribution is 2.48. The maximum atomic E-state index is 6.69. The molecule has 0 atom stereocenters. The second-order valence-electron chi connectivity index (χ2n) is 21.2. The molecule has 70 heavy (non-hydrogen) atoms. The van der Waals surface area contributed by atoms with Crippen molar-refractivity contribution < 1.29 is 4.42 Å². The van der Waals surface area contributed by atoms with Crippen LogP contribution in [0.25, 0.3) is 33.4 Å². The summed E-state index contributed by atoms with van der Waals surface area (Å²) < 4.78 is 6.69. The quantitative estimate of drug-likeness (QED) is 0.149. The standard InChI is InChI=1S/C65H56BN3O/c1-43-35-59-63-60(36-43)69(54-38-46(44-19-11-8-12-20-44)37-47(39-54)62-40-45-21-17-18-26-61(45)70-62)58-42-53(67(50-22-13-9-14-23-50)51-24-15-10-16-25-51)32-33-55(58)66(63)56-41-49(65(5,6)7)29-34-57(56)68(59)52-30-27-48(28-31-52)64(2,3)4/h8-42H,1-7H3. The zero-order chi connectivity index (χ0) is 47.9. The fraction of sp³-hybridized carbons (Fsp3) is 0.138. The van der Waals surface area contributed by atoms with Crippen LogP contribution in [-0.2, 0) is 10.8 Å². The van der Waals surface area contributed by atoms with Crippen LogP contribution in [0.15, 0.2) is 217 Å². The van der Waals surface area contributed by atoms with Crippen molar-refractivity contribution >= 4 is 85.3 Å². The van der Waals surface area contributed by atoms with Crippen LogP contribution in [0.1, 0.15) is 58.2 Å². The van der Waals surface area contributed by atoms with Crippen molar-refractivity contribution in [1.82, 2.24) is 0 Å². The Balaban J connectivity index is 1.17. The van der Waals surface area contributed by atoms with Crippen LogP contribution in [0.5, 0.6) is 0 Å². The Morgan fingerprint density at radius 2 is 1.00 bits per heavy atom. The number of nitrogens with zero attached hydrogens (tertiary/aromatic N) is 3. The molecule has 1 aromatic heterocycles. The van der Waals surface area contributed by atoms with E-state index >= 15 is 0 Å². The third-order valence-electron chi connectivity index (χ3n) is 14.3. The number of hydrogen-bond donors (Lipinski definition) is 0. The highest BCUT2D eigenvalue weighted by molar-refractivity contribution is 7.00. The van der Waals surface area contributed by atoms with Gasteiger partial charge in [-0.2, -0.15) is 0 Å². The summed E-state index contributed by atoms with van der Waals surface area (Å²) in [5, 5.41) is 1.08. The lowest BCUT2D eigenvalue weighted by molar-refractivity contribution is 0.590. The van der Waals surface area contributed by atoms with Crippen molar-refractivity contribution in [2.75, 3.05) is 14.7 Å². The summed E-state index contributed by atoms with van der Waals surface area (Å²) in [4.78, 5) is 7.46. The maximum absolute atomic E-state index is 6.69. The van der Waals surface area contributed by atoms with E-state index in [9.17, 15) is 0 Å². The summed E-state index contributed by atoms with van der Waals surface area (Å²) in [6.45, 7) is 16.0. The minimum absolute atomic E-state index is 0.0305. The van der Waals surface area contributed by atoms with E-state index in [1.807, 2.05) is 6.07 Å². The van der Waals surface area contributed by atoms with Crippen molar-refractivity contribution in [3.8, 4) is 22.5 Å². The number of hydrogen-bond acceptors (Lipinski definition) is 4. The van der Waals surface area contributed by atoms with Crippen molar-refractivity contribution in [3.05, 3.63) is 229 Å². The van der Waals surface area contributed by atoms with Crippen LogP contribution in [0, 0.1) is 6.92 Å². The number of benzene rings is 9. The highest BCUT2D eigenvalue weighted by atomic mass is 16.3. The van der Waals surface area contributed by atoms with Gasteiger partial charge in [-0.05, 0) is 159 Å². The number of anilines is 9. The molecule has 12 rings (SSSR count). The first kappa shape index (κ1) is 43.3. The summed E-state index contributed by atoms with van der Waals surface area (Å²) in [6.07, 6.45) is 0. The number of aryl methyl sites for hydroxylation is 1. The lowest BCUT2D eigenvalue weighted by atomic mass is 9.33. The smallest absolute Gasteiger partial charge is 0.252 e. The topological polar surface area (TPSA) is 22.9 Å². The molecule has 2 aliphatic rings. The van der Waals surface area contributed by atoms with Crippen LogP contribution >= 0.6 is 0 Å². The fourth-order valence-electron chi connectivity index (χ4n) is 10.8. The Bertz CT molecular complexity index is 3510. The van der Waals surface area contributed by atoms with E-state index in [1.165, 1.54) is 50.1 Å². The van der Waals surface area contributed by atoms with Crippen molar-refractivity contribution in [1.29, 1.82) is 0 Å². The molecule has 3 heterocycles. The van der Waals surface area contributed by atoms with E-state index in [1.54, 1.807) is 0 Å². The van der Waals surface area contributed by atoms with E-state index in [0.29, 0.717) is 0 Å². The van der Waals surface area contributed by atoms with Crippen molar-refractivity contribution in [3.63, 3.8) is 0 Å². The maximum Gasteiger partial charge on any atom is 0.252 e. The minimum atomic E-state index is -0.0607. The van der Waals surface area contributed by atoms with Gasteiger partial charge in [0.1, 0.15) is 11.3 Å². The average Bonchev–Trinajstić information content (AvgIpc) is 3.81. The molecule has 0 aliphatic carbocycles. The average molecular weight is 906 g/mol. The van der Waals surface area contributed by atoms with Gasteiger partial charge in [-0.25, -0.2) is 0 Å². The predicted molar refractivity (Wildman–Crippen MR) is 298 cm³/mol. The number of furan rings is 1. The molecule has 9 aromatic carbocycles. The van der Waals surface area contributed by atoms with Gasteiger partial charge in [0.25, 0.3) is 6.71 Å². The Labute approximate surface area is 413 Å². The molecule has 0 spiro atoms. The molecular weight excluding hydrogens is 850 g/mol. The van der Waals surface area contributed by atoms with E-state index in [4.69, 9.17) is 4.42 Å². The van der Waals surface area contributed by atoms with Gasteiger partial charge in [0, 0.05) is 62.1 Å². The number of para-hydroxylation sites is 3. The Morgan fingerprint density at radius 1 is 0.414 bits per heavy atom. The van der Waals surface area contributed by atoms with Gasteiger partial charge in [-0.1, -0.05) is 157 Å². The van der Waals surface area contributed by atoms with Gasteiger partial charge < -0.3 is 19.1 Å². The number of fused-ring (bicyclic) bond motifs is 5. The Kier molecular flexibility index (Phi) is 10.3. The van der Waals surface area contributed by atoms with Crippen LogP contribution < -0.4 is 31.1 Å². The van der Waals surface area contributed by atoms with Crippen LogP contribution in [-0.4, -0.2) is 6.71 Å². The number of rotatable bonds is 7. The van der Waals surface area contributed by atoms with Gasteiger partial charge in [-0.3, -0.25) is 0 Å². The van der Waals surface area contributed by atoms with Crippen LogP contribution in [0.4, 0.5) is 51.2 Å². The second-order valence-corrected chi connectivity index (χ2v) is 21.2. The fourth-order valence-corrected chi connectivity index (χ4v) is 10.8. The molecule has 0 fully saturated rings. The first-order chi connectivity index (χ1) is 33.9. The summed E-state index contributed by atoms with van der Waals surface area (Å²) in [5.74, 6) is 0.836. The van der Waals surface area contributed by atoms with E-state index in [0.717, 1.165) is 67.5 Å². The largest absolute Gasteiger partial charge is 0.456 e. The third kappa shape index (κ3) is 7.48. The molecule has 2 aliphatic heterocycles. The van der Waals surface area contributed by atoms with Gasteiger partial charge in [0.15, 0.2) is 0 Å². The molecule has 0 unspecified atom stereocenters. The second kappa shape index (κ2) is 16.6. The molecule has 4 nitrogen and oxygen atoms in total. The molecule has 0 N–H and O–H groups in total. The molecule has 5 heteroatoms. The first-order valence-electron chi connectivity index (χ1n) is 24.6. The zero-order valence-corrected chi connectivity index (χ0v) is 41.0. The van der Waals surface area contributed by atoms with Gasteiger partial charge >= 0.3 is 0 Å². The molecular formula is C65H56BN3O. The Morgan fingerprint density at radius 3 is 1.64 bits per heavy atom. The molecule has 0 radical (unpaired) electrons. The highest BCUT2D eigenvalue weighted by Gasteiger charge is 2.44. The van der Waals surface area contributed by atoms with E-state index in [-0.39, 0.29) is 17.5 Å². The molecule has 340 valence electrons. The van der Waals surface area contributed by atoms with Crippen LogP contribution in [0.2, 0.25) is 0 Å². The van der Waals surface area contributed by atoms with Crippen molar-refractivity contribution in [2.45, 2.75) is 59.3 Å². The normalized spacial score (nSPS) is 13.0. The lowest BCUT2D eigenvalue weighted by Gasteiger charge is -2.45. The SMILES string of the molecule is Cc1cc2c3c(c1)N(c1cc(-c4ccccc4)cc(-c4cc5ccccc5o4)c1)c1cc(N(c4ccccc4)c4ccccc4)ccc1B3c1cc(C(C)(C)C)ccc1N2c1ccc(C(C)(C)C)cc1. The van der Waals surface area contributed by atoms with Gasteiger partial charge in [0.2, 0.25) is 0 Å². The van der Waals surface area contributed by atoms with E-state index in [2.05, 4.69) is 269 Å². The first-order valence-corrected chi connectivity index (χ1v) is 24.6. The molecule has 0 saturated carbocycles.